The number of methoxy groups -OCH3 is 1. The Kier molecular flexibility index (Phi) is 4.77. The number of carbonyl (C=O) groups excluding carboxylic acids is 1. The van der Waals surface area contributed by atoms with Crippen molar-refractivity contribution in [1.82, 2.24) is 4.57 Å². The second kappa shape index (κ2) is 6.74. The molecule has 0 aliphatic carbocycles. The van der Waals surface area contributed by atoms with Crippen molar-refractivity contribution >= 4 is 11.6 Å². The minimum absolute atomic E-state index is 0.113. The van der Waals surface area contributed by atoms with Gasteiger partial charge in [0.2, 0.25) is 5.91 Å². The Labute approximate surface area is 123 Å². The number of aromatic nitrogens is 1. The maximum Gasteiger partial charge on any atom is 0.250 e. The molecule has 0 atom stereocenters. The first-order valence-corrected chi connectivity index (χ1v) is 6.70. The van der Waals surface area contributed by atoms with Gasteiger partial charge in [-0.15, -0.1) is 0 Å². The zero-order valence-corrected chi connectivity index (χ0v) is 12.1. The highest BCUT2D eigenvalue weighted by Gasteiger charge is 2.08. The average molecular weight is 286 g/mol. The zero-order chi connectivity index (χ0) is 15.2. The van der Waals surface area contributed by atoms with Gasteiger partial charge in [0.15, 0.2) is 0 Å². The van der Waals surface area contributed by atoms with E-state index < -0.39 is 0 Å². The normalized spacial score (nSPS) is 10.2. The number of aryl methyl sites for hydroxylation is 2. The quantitative estimate of drug-likeness (QED) is 0.916. The molecule has 0 saturated heterocycles. The van der Waals surface area contributed by atoms with Crippen LogP contribution in [0.4, 0.5) is 5.69 Å². The van der Waals surface area contributed by atoms with E-state index >= 15 is 0 Å². The first-order chi connectivity index (χ1) is 10.1. The molecule has 1 N–H and O–H groups in total. The molecule has 0 unspecified atom stereocenters. The van der Waals surface area contributed by atoms with E-state index in [0.717, 1.165) is 5.56 Å². The molecule has 5 nitrogen and oxygen atoms in total. The van der Waals surface area contributed by atoms with Crippen molar-refractivity contribution < 1.29 is 9.53 Å². The molecule has 0 radical (unpaired) electrons. The number of ether oxygens (including phenoxy) is 1. The molecule has 0 saturated carbocycles. The smallest absolute Gasteiger partial charge is 0.250 e. The van der Waals surface area contributed by atoms with Gasteiger partial charge in [0.1, 0.15) is 5.75 Å². The molecular formula is C16H18N2O3. The van der Waals surface area contributed by atoms with Crippen LogP contribution >= 0.6 is 0 Å². The summed E-state index contributed by atoms with van der Waals surface area (Å²) in [5.74, 6) is 0.466. The lowest BCUT2D eigenvalue weighted by Crippen LogP contribution is -2.21. The predicted octanol–water partition coefficient (Wildman–Crippen LogP) is 2.19. The SMILES string of the molecule is COc1cc(C)ccc1NC(=O)CCn1ccccc1=O. The topological polar surface area (TPSA) is 60.3 Å². The molecule has 0 aliphatic heterocycles. The van der Waals surface area contributed by atoms with Crippen LogP contribution in [0.5, 0.6) is 5.75 Å². The number of rotatable bonds is 5. The molecule has 0 bridgehead atoms. The molecule has 0 spiro atoms. The summed E-state index contributed by atoms with van der Waals surface area (Å²) in [7, 11) is 1.56. The third kappa shape index (κ3) is 3.95. The summed E-state index contributed by atoms with van der Waals surface area (Å²) < 4.78 is 6.74. The lowest BCUT2D eigenvalue weighted by atomic mass is 10.2. The molecular weight excluding hydrogens is 268 g/mol. The number of nitrogens with zero attached hydrogens (tertiary/aromatic N) is 1. The van der Waals surface area contributed by atoms with Gasteiger partial charge in [-0.2, -0.15) is 0 Å². The van der Waals surface area contributed by atoms with Gasteiger partial charge in [-0.3, -0.25) is 9.59 Å². The number of amides is 1. The van der Waals surface area contributed by atoms with Crippen molar-refractivity contribution in [3.63, 3.8) is 0 Å². The third-order valence-electron chi connectivity index (χ3n) is 3.11. The van der Waals surface area contributed by atoms with Crippen LogP contribution in [0.3, 0.4) is 0 Å². The Morgan fingerprint density at radius 3 is 2.81 bits per heavy atom. The Bertz CT molecular complexity index is 692. The number of benzene rings is 1. The van der Waals surface area contributed by atoms with Crippen LogP contribution in [0, 0.1) is 6.92 Å². The summed E-state index contributed by atoms with van der Waals surface area (Å²) >= 11 is 0. The standard InChI is InChI=1S/C16H18N2O3/c1-12-6-7-13(14(11-12)21-2)17-15(19)8-10-18-9-4-3-5-16(18)20/h3-7,9,11H,8,10H2,1-2H3,(H,17,19). The molecule has 1 heterocycles. The molecule has 110 valence electrons. The van der Waals surface area contributed by atoms with Gasteiger partial charge >= 0.3 is 0 Å². The summed E-state index contributed by atoms with van der Waals surface area (Å²) in [6.45, 7) is 2.30. The van der Waals surface area contributed by atoms with E-state index in [0.29, 0.717) is 18.0 Å². The Balaban J connectivity index is 1.99. The monoisotopic (exact) mass is 286 g/mol. The minimum atomic E-state index is -0.159. The Morgan fingerprint density at radius 2 is 2.10 bits per heavy atom. The van der Waals surface area contributed by atoms with Crippen molar-refractivity contribution in [2.24, 2.45) is 0 Å². The van der Waals surface area contributed by atoms with E-state index in [1.54, 1.807) is 31.5 Å². The number of nitrogens with one attached hydrogen (secondary N) is 1. The van der Waals surface area contributed by atoms with Gasteiger partial charge in [-0.05, 0) is 30.7 Å². The van der Waals surface area contributed by atoms with Gasteiger partial charge in [-0.25, -0.2) is 0 Å². The molecule has 1 aromatic heterocycles. The maximum absolute atomic E-state index is 12.0. The summed E-state index contributed by atoms with van der Waals surface area (Å²) in [6, 6.07) is 10.5. The highest BCUT2D eigenvalue weighted by molar-refractivity contribution is 5.92. The number of anilines is 1. The molecule has 5 heteroatoms. The summed E-state index contributed by atoms with van der Waals surface area (Å²) in [4.78, 5) is 23.5. The summed E-state index contributed by atoms with van der Waals surface area (Å²) in [5, 5.41) is 2.80. The van der Waals surface area contributed by atoms with Gasteiger partial charge in [-0.1, -0.05) is 12.1 Å². The van der Waals surface area contributed by atoms with Gasteiger partial charge in [0.05, 0.1) is 12.8 Å². The first kappa shape index (κ1) is 14.8. The van der Waals surface area contributed by atoms with Gasteiger partial charge in [0.25, 0.3) is 5.56 Å². The maximum atomic E-state index is 12.0. The van der Waals surface area contributed by atoms with Gasteiger partial charge in [0, 0.05) is 25.2 Å². The Hall–Kier alpha value is -2.56. The van der Waals surface area contributed by atoms with Crippen molar-refractivity contribution in [2.75, 3.05) is 12.4 Å². The van der Waals surface area contributed by atoms with Gasteiger partial charge < -0.3 is 14.6 Å². The first-order valence-electron chi connectivity index (χ1n) is 6.70. The lowest BCUT2D eigenvalue weighted by molar-refractivity contribution is -0.116. The van der Waals surface area contributed by atoms with Crippen molar-refractivity contribution in [3.8, 4) is 5.75 Å². The van der Waals surface area contributed by atoms with Crippen LogP contribution < -0.4 is 15.6 Å². The number of hydrogen-bond acceptors (Lipinski definition) is 3. The van der Waals surface area contributed by atoms with Crippen molar-refractivity contribution in [3.05, 3.63) is 58.5 Å². The summed E-state index contributed by atoms with van der Waals surface area (Å²) in [6.07, 6.45) is 1.89. The van der Waals surface area contributed by atoms with E-state index in [1.165, 1.54) is 10.6 Å². The second-order valence-electron chi connectivity index (χ2n) is 4.73. The third-order valence-corrected chi connectivity index (χ3v) is 3.11. The molecule has 1 amide bonds. The highest BCUT2D eigenvalue weighted by atomic mass is 16.5. The van der Waals surface area contributed by atoms with E-state index in [2.05, 4.69) is 5.32 Å². The molecule has 0 fully saturated rings. The molecule has 2 aromatic rings. The lowest BCUT2D eigenvalue weighted by Gasteiger charge is -2.11. The fraction of sp³-hybridized carbons (Fsp3) is 0.250. The largest absolute Gasteiger partial charge is 0.495 e. The van der Waals surface area contributed by atoms with Crippen molar-refractivity contribution in [2.45, 2.75) is 19.9 Å². The molecule has 1 aromatic carbocycles. The molecule has 2 rings (SSSR count). The van der Waals surface area contributed by atoms with E-state index in [4.69, 9.17) is 4.74 Å². The second-order valence-corrected chi connectivity index (χ2v) is 4.73. The van der Waals surface area contributed by atoms with Crippen LogP contribution in [0.1, 0.15) is 12.0 Å². The summed E-state index contributed by atoms with van der Waals surface area (Å²) in [5.41, 5.74) is 1.58. The van der Waals surface area contributed by atoms with Crippen LogP contribution in [0.2, 0.25) is 0 Å². The fourth-order valence-electron chi connectivity index (χ4n) is 1.98. The minimum Gasteiger partial charge on any atom is -0.495 e. The van der Waals surface area contributed by atoms with Crippen LogP contribution in [0.15, 0.2) is 47.4 Å². The number of pyridine rings is 1. The Morgan fingerprint density at radius 1 is 1.29 bits per heavy atom. The highest BCUT2D eigenvalue weighted by Crippen LogP contribution is 2.25. The van der Waals surface area contributed by atoms with E-state index in [1.807, 2.05) is 19.1 Å². The molecule has 0 aliphatic rings. The average Bonchev–Trinajstić information content (AvgIpc) is 2.48. The number of hydrogen-bond donors (Lipinski definition) is 1. The number of carbonyl (C=O) groups is 1. The van der Waals surface area contributed by atoms with E-state index in [9.17, 15) is 9.59 Å². The van der Waals surface area contributed by atoms with Crippen molar-refractivity contribution in [1.29, 1.82) is 0 Å². The zero-order valence-electron chi connectivity index (χ0n) is 12.1. The van der Waals surface area contributed by atoms with E-state index in [-0.39, 0.29) is 17.9 Å². The van der Waals surface area contributed by atoms with Crippen LogP contribution in [-0.4, -0.2) is 17.6 Å². The fourth-order valence-corrected chi connectivity index (χ4v) is 1.98. The molecule has 21 heavy (non-hydrogen) atoms. The van der Waals surface area contributed by atoms with Crippen LogP contribution in [-0.2, 0) is 11.3 Å². The van der Waals surface area contributed by atoms with Crippen LogP contribution in [0.25, 0.3) is 0 Å². The predicted molar refractivity (Wildman–Crippen MR) is 81.7 cm³/mol.